The number of aromatic nitrogens is 2. The fourth-order valence-corrected chi connectivity index (χ4v) is 5.80. The maximum Gasteiger partial charge on any atom is 0.530 e. The van der Waals surface area contributed by atoms with Crippen LogP contribution in [0.25, 0.3) is 0 Å². The van der Waals surface area contributed by atoms with Gasteiger partial charge in [-0.3, -0.25) is 23.4 Å². The average Bonchev–Trinajstić information content (AvgIpc) is 3.13. The molecule has 1 aromatic heterocycles. The summed E-state index contributed by atoms with van der Waals surface area (Å²) in [6.07, 6.45) is 5.58. The lowest BCUT2D eigenvalue weighted by Gasteiger charge is -2.27. The molecule has 1 unspecified atom stereocenters. The molecule has 166 valence electrons. The van der Waals surface area contributed by atoms with Crippen molar-refractivity contribution in [3.05, 3.63) is 74.6 Å². The van der Waals surface area contributed by atoms with Crippen LogP contribution in [0.3, 0.4) is 0 Å². The summed E-state index contributed by atoms with van der Waals surface area (Å²) in [6.45, 7) is 7.76. The SMILES string of the molecule is C=CC[C@H]1C[C@H](n2cc(C)c(=O)[nH]c2=O)C[C@@H]1COP1(=O)OCc2cccc(C)c2O1. The first kappa shape index (κ1) is 21.8. The van der Waals surface area contributed by atoms with Gasteiger partial charge < -0.3 is 4.52 Å². The lowest BCUT2D eigenvalue weighted by molar-refractivity contribution is 0.110. The molecule has 0 radical (unpaired) electrons. The fourth-order valence-electron chi connectivity index (χ4n) is 4.47. The number of aromatic amines is 1. The van der Waals surface area contributed by atoms with Gasteiger partial charge in [0, 0.05) is 23.4 Å². The summed E-state index contributed by atoms with van der Waals surface area (Å²) >= 11 is 0. The van der Waals surface area contributed by atoms with Crippen molar-refractivity contribution in [1.82, 2.24) is 9.55 Å². The van der Waals surface area contributed by atoms with Crippen LogP contribution in [0.15, 0.2) is 46.6 Å². The molecule has 31 heavy (non-hydrogen) atoms. The van der Waals surface area contributed by atoms with Crippen molar-refractivity contribution in [1.29, 1.82) is 0 Å². The molecule has 2 aliphatic rings. The molecule has 0 amide bonds. The minimum Gasteiger partial charge on any atom is -0.403 e. The summed E-state index contributed by atoms with van der Waals surface area (Å²) in [6, 6.07) is 5.58. The standard InChI is InChI=1S/C22H27N2O6P/c1-4-6-16-9-19(24-11-15(3)21(25)23-22(24)26)10-18(16)13-29-31(27)28-12-17-8-5-7-14(2)20(17)30-31/h4-5,7-8,11,16,18-19H,1,6,9-10,12-13H2,2-3H3,(H,23,25,26)/t16-,18+,19-,31?/m0/s1. The van der Waals surface area contributed by atoms with Crippen molar-refractivity contribution < 1.29 is 18.1 Å². The summed E-state index contributed by atoms with van der Waals surface area (Å²) in [5, 5.41) is 0. The van der Waals surface area contributed by atoms with Crippen LogP contribution in [-0.4, -0.2) is 16.2 Å². The van der Waals surface area contributed by atoms with Gasteiger partial charge in [0.2, 0.25) is 0 Å². The summed E-state index contributed by atoms with van der Waals surface area (Å²) in [5.41, 5.74) is 1.42. The number of benzene rings is 1. The molecule has 1 saturated carbocycles. The first-order valence-corrected chi connectivity index (χ1v) is 11.9. The van der Waals surface area contributed by atoms with Crippen LogP contribution >= 0.6 is 7.82 Å². The molecule has 8 nitrogen and oxygen atoms in total. The van der Waals surface area contributed by atoms with Crippen molar-refractivity contribution in [2.45, 2.75) is 45.8 Å². The van der Waals surface area contributed by atoms with Gasteiger partial charge in [0.25, 0.3) is 5.56 Å². The topological polar surface area (TPSA) is 99.6 Å². The fraction of sp³-hybridized carbons (Fsp3) is 0.455. The highest BCUT2D eigenvalue weighted by molar-refractivity contribution is 7.49. The Morgan fingerprint density at radius 1 is 1.26 bits per heavy atom. The van der Waals surface area contributed by atoms with E-state index in [0.717, 1.165) is 24.0 Å². The number of allylic oxidation sites excluding steroid dienone is 1. The normalized spacial score (nSPS) is 27.5. The number of hydrogen-bond acceptors (Lipinski definition) is 6. The number of hydrogen-bond donors (Lipinski definition) is 1. The third-order valence-electron chi connectivity index (χ3n) is 6.15. The largest absolute Gasteiger partial charge is 0.530 e. The van der Waals surface area contributed by atoms with Gasteiger partial charge in [-0.1, -0.05) is 24.3 Å². The Kier molecular flexibility index (Phi) is 6.06. The predicted molar refractivity (Wildman–Crippen MR) is 116 cm³/mol. The van der Waals surface area contributed by atoms with Crippen molar-refractivity contribution in [3.8, 4) is 5.75 Å². The van der Waals surface area contributed by atoms with Gasteiger partial charge in [0.05, 0.1) is 13.2 Å². The van der Waals surface area contributed by atoms with Gasteiger partial charge in [-0.2, -0.15) is 0 Å². The first-order chi connectivity index (χ1) is 14.8. The quantitative estimate of drug-likeness (QED) is 0.531. The second kappa shape index (κ2) is 8.61. The molecule has 1 aliphatic heterocycles. The molecule has 4 atom stereocenters. The number of aryl methyl sites for hydroxylation is 2. The van der Waals surface area contributed by atoms with E-state index in [1.807, 2.05) is 31.2 Å². The zero-order valence-corrected chi connectivity index (χ0v) is 18.6. The summed E-state index contributed by atoms with van der Waals surface area (Å²) in [4.78, 5) is 26.4. The van der Waals surface area contributed by atoms with Crippen LogP contribution in [0, 0.1) is 25.7 Å². The van der Waals surface area contributed by atoms with E-state index in [4.69, 9.17) is 13.6 Å². The summed E-state index contributed by atoms with van der Waals surface area (Å²) in [7, 11) is -3.73. The zero-order valence-electron chi connectivity index (χ0n) is 17.7. The van der Waals surface area contributed by atoms with E-state index in [0.29, 0.717) is 17.7 Å². The minimum absolute atomic E-state index is 0.0402. The molecule has 2 heterocycles. The predicted octanol–water partition coefficient (Wildman–Crippen LogP) is 4.03. The van der Waals surface area contributed by atoms with E-state index in [9.17, 15) is 14.2 Å². The Morgan fingerprint density at radius 2 is 2.03 bits per heavy atom. The smallest absolute Gasteiger partial charge is 0.403 e. The number of para-hydroxylation sites is 1. The Balaban J connectivity index is 1.49. The number of phosphoric acid groups is 1. The Hall–Kier alpha value is -2.41. The summed E-state index contributed by atoms with van der Waals surface area (Å²) in [5.74, 6) is 0.796. The van der Waals surface area contributed by atoms with Gasteiger partial charge >= 0.3 is 13.5 Å². The number of phosphoric ester groups is 1. The van der Waals surface area contributed by atoms with Crippen LogP contribution in [0.4, 0.5) is 0 Å². The molecule has 2 aromatic rings. The lowest BCUT2D eigenvalue weighted by atomic mass is 9.94. The van der Waals surface area contributed by atoms with Crippen LogP contribution in [-0.2, 0) is 20.2 Å². The summed E-state index contributed by atoms with van der Waals surface area (Å²) < 4.78 is 31.5. The maximum atomic E-state index is 13.1. The average molecular weight is 446 g/mol. The highest BCUT2D eigenvalue weighted by Gasteiger charge is 2.40. The zero-order chi connectivity index (χ0) is 22.2. The number of nitrogens with one attached hydrogen (secondary N) is 1. The Bertz CT molecular complexity index is 1150. The van der Waals surface area contributed by atoms with Crippen LogP contribution in [0.5, 0.6) is 5.75 Å². The second-order valence-electron chi connectivity index (χ2n) is 8.32. The van der Waals surface area contributed by atoms with Crippen molar-refractivity contribution in [2.24, 2.45) is 11.8 Å². The minimum atomic E-state index is -3.73. The molecule has 0 bridgehead atoms. The molecule has 0 spiro atoms. The molecule has 1 aliphatic carbocycles. The van der Waals surface area contributed by atoms with E-state index in [1.165, 1.54) is 0 Å². The van der Waals surface area contributed by atoms with Gasteiger partial charge in [-0.15, -0.1) is 6.58 Å². The van der Waals surface area contributed by atoms with E-state index in [-0.39, 0.29) is 36.7 Å². The van der Waals surface area contributed by atoms with Gasteiger partial charge in [0.1, 0.15) is 5.75 Å². The van der Waals surface area contributed by atoms with Crippen LogP contribution in [0.2, 0.25) is 0 Å². The molecule has 4 rings (SSSR count). The van der Waals surface area contributed by atoms with Crippen LogP contribution in [0.1, 0.15) is 42.0 Å². The molecule has 1 fully saturated rings. The molecule has 1 aromatic carbocycles. The Morgan fingerprint density at radius 3 is 2.81 bits per heavy atom. The monoisotopic (exact) mass is 446 g/mol. The third kappa shape index (κ3) is 4.47. The van der Waals surface area contributed by atoms with Gasteiger partial charge in [0.15, 0.2) is 0 Å². The number of fused-ring (bicyclic) bond motifs is 1. The highest BCUT2D eigenvalue weighted by atomic mass is 31.2. The van der Waals surface area contributed by atoms with E-state index < -0.39 is 13.5 Å². The van der Waals surface area contributed by atoms with Gasteiger partial charge in [-0.25, -0.2) is 9.36 Å². The third-order valence-corrected chi connectivity index (χ3v) is 7.46. The van der Waals surface area contributed by atoms with E-state index in [2.05, 4.69) is 11.6 Å². The lowest BCUT2D eigenvalue weighted by Crippen LogP contribution is -2.32. The van der Waals surface area contributed by atoms with Crippen LogP contribution < -0.4 is 15.8 Å². The number of nitrogens with zero attached hydrogens (tertiary/aromatic N) is 1. The molecular formula is C22H27N2O6P. The number of H-pyrrole nitrogens is 1. The van der Waals surface area contributed by atoms with Crippen molar-refractivity contribution in [3.63, 3.8) is 0 Å². The number of rotatable bonds is 6. The van der Waals surface area contributed by atoms with E-state index >= 15 is 0 Å². The van der Waals surface area contributed by atoms with Crippen molar-refractivity contribution in [2.75, 3.05) is 6.61 Å². The van der Waals surface area contributed by atoms with Gasteiger partial charge in [-0.05, 0) is 50.5 Å². The molecule has 1 N–H and O–H groups in total. The molecular weight excluding hydrogens is 419 g/mol. The maximum absolute atomic E-state index is 13.1. The van der Waals surface area contributed by atoms with E-state index in [1.54, 1.807) is 17.7 Å². The van der Waals surface area contributed by atoms with Crippen molar-refractivity contribution >= 4 is 7.82 Å². The molecule has 9 heteroatoms. The highest BCUT2D eigenvalue weighted by Crippen LogP contribution is 2.56. The molecule has 0 saturated heterocycles. The second-order valence-corrected chi connectivity index (χ2v) is 9.91. The Labute approximate surface area is 180 Å². The first-order valence-electron chi connectivity index (χ1n) is 10.4.